The zero-order valence-electron chi connectivity index (χ0n) is 20.1. The van der Waals surface area contributed by atoms with Crippen molar-refractivity contribution in [1.29, 1.82) is 0 Å². The molecule has 1 aromatic heterocycles. The predicted molar refractivity (Wildman–Crippen MR) is 136 cm³/mol. The maximum atomic E-state index is 13.5. The number of hydrogen-bond donors (Lipinski definition) is 0. The van der Waals surface area contributed by atoms with Crippen LogP contribution in [0.4, 0.5) is 5.00 Å². The summed E-state index contributed by atoms with van der Waals surface area (Å²) in [7, 11) is 0. The summed E-state index contributed by atoms with van der Waals surface area (Å²) >= 11 is 1.60. The van der Waals surface area contributed by atoms with Crippen molar-refractivity contribution in [1.82, 2.24) is 9.80 Å². The lowest BCUT2D eigenvalue weighted by Gasteiger charge is -2.36. The van der Waals surface area contributed by atoms with Crippen molar-refractivity contribution in [3.05, 3.63) is 41.3 Å². The Morgan fingerprint density at radius 2 is 1.53 bits per heavy atom. The highest BCUT2D eigenvalue weighted by Gasteiger charge is 2.33. The molecule has 3 aliphatic rings. The van der Waals surface area contributed by atoms with E-state index in [1.165, 1.54) is 0 Å². The van der Waals surface area contributed by atoms with Gasteiger partial charge in [0, 0.05) is 50.7 Å². The van der Waals surface area contributed by atoms with Crippen molar-refractivity contribution in [2.24, 2.45) is 11.8 Å². The SMILES string of the molecule is CC1CCN(C(=O)C2CCN(C(=O)c3cc(-c4ccccc4)c(N4CCOCC4)s3)CC2)CC1. The van der Waals surface area contributed by atoms with Gasteiger partial charge in [-0.15, -0.1) is 11.3 Å². The van der Waals surface area contributed by atoms with Gasteiger partial charge in [0.15, 0.2) is 0 Å². The number of piperidine rings is 2. The third-order valence-corrected chi connectivity index (χ3v) is 8.72. The molecule has 3 aliphatic heterocycles. The highest BCUT2D eigenvalue weighted by molar-refractivity contribution is 7.18. The first-order valence-corrected chi connectivity index (χ1v) is 13.5. The first-order chi connectivity index (χ1) is 16.6. The van der Waals surface area contributed by atoms with E-state index in [-0.39, 0.29) is 11.8 Å². The van der Waals surface area contributed by atoms with Gasteiger partial charge in [-0.25, -0.2) is 0 Å². The fraction of sp³-hybridized carbons (Fsp3) is 0.556. The molecule has 7 heteroatoms. The Balaban J connectivity index is 1.27. The second-order valence-corrected chi connectivity index (χ2v) is 10.9. The molecule has 3 fully saturated rings. The maximum absolute atomic E-state index is 13.5. The largest absolute Gasteiger partial charge is 0.378 e. The summed E-state index contributed by atoms with van der Waals surface area (Å²) in [6.45, 7) is 8.48. The third-order valence-electron chi connectivity index (χ3n) is 7.53. The Morgan fingerprint density at radius 1 is 0.882 bits per heavy atom. The molecule has 6 nitrogen and oxygen atoms in total. The van der Waals surface area contributed by atoms with Crippen molar-refractivity contribution in [3.8, 4) is 11.1 Å². The van der Waals surface area contributed by atoms with E-state index in [1.54, 1.807) is 11.3 Å². The number of nitrogens with zero attached hydrogens (tertiary/aromatic N) is 3. The van der Waals surface area contributed by atoms with Gasteiger partial charge >= 0.3 is 0 Å². The van der Waals surface area contributed by atoms with E-state index in [0.717, 1.165) is 78.8 Å². The predicted octanol–water partition coefficient (Wildman–Crippen LogP) is 4.36. The van der Waals surface area contributed by atoms with E-state index in [1.807, 2.05) is 23.1 Å². The van der Waals surface area contributed by atoms with Crippen molar-refractivity contribution in [2.45, 2.75) is 32.6 Å². The lowest BCUT2D eigenvalue weighted by atomic mass is 9.92. The number of morpholine rings is 1. The van der Waals surface area contributed by atoms with Crippen molar-refractivity contribution >= 4 is 28.2 Å². The van der Waals surface area contributed by atoms with Gasteiger partial charge in [-0.3, -0.25) is 9.59 Å². The molecule has 5 rings (SSSR count). The van der Waals surface area contributed by atoms with Gasteiger partial charge in [-0.2, -0.15) is 0 Å². The van der Waals surface area contributed by atoms with Crippen LogP contribution in [-0.4, -0.2) is 74.1 Å². The minimum Gasteiger partial charge on any atom is -0.378 e. The standard InChI is InChI=1S/C27H35N3O3S/c1-20-7-11-28(12-8-20)25(31)22-9-13-29(14-10-22)26(32)24-19-23(21-5-3-2-4-6-21)27(34-24)30-15-17-33-18-16-30/h2-6,19-20,22H,7-18H2,1H3. The lowest BCUT2D eigenvalue weighted by Crippen LogP contribution is -2.46. The first-order valence-electron chi connectivity index (χ1n) is 12.7. The molecular formula is C27H35N3O3S. The van der Waals surface area contributed by atoms with Crippen LogP contribution in [0.15, 0.2) is 36.4 Å². The van der Waals surface area contributed by atoms with E-state index in [0.29, 0.717) is 32.2 Å². The fourth-order valence-corrected chi connectivity index (χ4v) is 6.49. The summed E-state index contributed by atoms with van der Waals surface area (Å²) in [6, 6.07) is 12.4. The molecule has 2 aromatic rings. The zero-order valence-corrected chi connectivity index (χ0v) is 20.9. The van der Waals surface area contributed by atoms with Crippen LogP contribution in [0.5, 0.6) is 0 Å². The number of likely N-dealkylation sites (tertiary alicyclic amines) is 2. The molecule has 0 radical (unpaired) electrons. The summed E-state index contributed by atoms with van der Waals surface area (Å²) in [5.74, 6) is 1.18. The van der Waals surface area contributed by atoms with Crippen LogP contribution in [0, 0.1) is 11.8 Å². The number of carbonyl (C=O) groups excluding carboxylic acids is 2. The van der Waals surface area contributed by atoms with Crippen molar-refractivity contribution < 1.29 is 14.3 Å². The van der Waals surface area contributed by atoms with Crippen LogP contribution in [0.2, 0.25) is 0 Å². The first kappa shape index (κ1) is 23.4. The molecule has 34 heavy (non-hydrogen) atoms. The Morgan fingerprint density at radius 3 is 2.21 bits per heavy atom. The smallest absolute Gasteiger partial charge is 0.264 e. The Labute approximate surface area is 206 Å². The van der Waals surface area contributed by atoms with Gasteiger partial charge in [0.25, 0.3) is 5.91 Å². The number of hydrogen-bond acceptors (Lipinski definition) is 5. The highest BCUT2D eigenvalue weighted by atomic mass is 32.1. The minimum absolute atomic E-state index is 0.0598. The molecule has 0 atom stereocenters. The molecule has 4 heterocycles. The number of ether oxygens (including phenoxy) is 1. The van der Waals surface area contributed by atoms with Crippen LogP contribution >= 0.6 is 11.3 Å². The number of thiophene rings is 1. The molecule has 182 valence electrons. The monoisotopic (exact) mass is 481 g/mol. The average molecular weight is 482 g/mol. The fourth-order valence-electron chi connectivity index (χ4n) is 5.29. The second-order valence-electron chi connectivity index (χ2n) is 9.87. The van der Waals surface area contributed by atoms with E-state index in [4.69, 9.17) is 4.74 Å². The summed E-state index contributed by atoms with van der Waals surface area (Å²) in [4.78, 5) is 33.6. The van der Waals surface area contributed by atoms with Gasteiger partial charge in [0.1, 0.15) is 0 Å². The Kier molecular flexibility index (Phi) is 7.21. The summed E-state index contributed by atoms with van der Waals surface area (Å²) in [5, 5.41) is 1.15. The summed E-state index contributed by atoms with van der Waals surface area (Å²) in [5.41, 5.74) is 2.26. The molecule has 0 aliphatic carbocycles. The number of amides is 2. The van der Waals surface area contributed by atoms with Gasteiger partial charge in [-0.1, -0.05) is 37.3 Å². The average Bonchev–Trinajstić information content (AvgIpc) is 3.35. The van der Waals surface area contributed by atoms with E-state index in [9.17, 15) is 9.59 Å². The van der Waals surface area contributed by atoms with Crippen LogP contribution in [0.25, 0.3) is 11.1 Å². The topological polar surface area (TPSA) is 53.1 Å². The van der Waals surface area contributed by atoms with Crippen molar-refractivity contribution in [3.63, 3.8) is 0 Å². The molecule has 0 bridgehead atoms. The van der Waals surface area contributed by atoms with Gasteiger partial charge < -0.3 is 19.4 Å². The minimum atomic E-state index is 0.0598. The molecular weight excluding hydrogens is 446 g/mol. The normalized spacial score (nSPS) is 20.6. The summed E-state index contributed by atoms with van der Waals surface area (Å²) < 4.78 is 5.55. The number of rotatable bonds is 4. The molecule has 1 aromatic carbocycles. The van der Waals surface area contributed by atoms with Crippen LogP contribution in [0.1, 0.15) is 42.3 Å². The molecule has 0 N–H and O–H groups in total. The number of anilines is 1. The number of carbonyl (C=O) groups is 2. The van der Waals surface area contributed by atoms with E-state index >= 15 is 0 Å². The van der Waals surface area contributed by atoms with Crippen LogP contribution < -0.4 is 4.90 Å². The third kappa shape index (κ3) is 5.01. The molecule has 0 unspecified atom stereocenters. The zero-order chi connectivity index (χ0) is 23.5. The summed E-state index contributed by atoms with van der Waals surface area (Å²) in [6.07, 6.45) is 3.75. The van der Waals surface area contributed by atoms with Gasteiger partial charge in [0.05, 0.1) is 23.1 Å². The van der Waals surface area contributed by atoms with E-state index < -0.39 is 0 Å². The Bertz CT molecular complexity index is 986. The highest BCUT2D eigenvalue weighted by Crippen LogP contribution is 2.40. The van der Waals surface area contributed by atoms with Gasteiger partial charge in [-0.05, 0) is 43.2 Å². The van der Waals surface area contributed by atoms with Crippen LogP contribution in [-0.2, 0) is 9.53 Å². The van der Waals surface area contributed by atoms with Crippen molar-refractivity contribution in [2.75, 3.05) is 57.4 Å². The number of benzene rings is 1. The molecule has 0 saturated carbocycles. The second kappa shape index (κ2) is 10.5. The molecule has 2 amide bonds. The quantitative estimate of drug-likeness (QED) is 0.651. The van der Waals surface area contributed by atoms with E-state index in [2.05, 4.69) is 34.9 Å². The van der Waals surface area contributed by atoms with Crippen LogP contribution in [0.3, 0.4) is 0 Å². The maximum Gasteiger partial charge on any atom is 0.264 e. The Hall–Kier alpha value is -2.38. The molecule has 3 saturated heterocycles. The molecule has 0 spiro atoms. The lowest BCUT2D eigenvalue weighted by molar-refractivity contribution is -0.138. The van der Waals surface area contributed by atoms with Gasteiger partial charge in [0.2, 0.25) is 5.91 Å².